The highest BCUT2D eigenvalue weighted by atomic mass is 19.4. The van der Waals surface area contributed by atoms with E-state index < -0.39 is 12.1 Å². The topological polar surface area (TPSA) is 85.4 Å². The van der Waals surface area contributed by atoms with Crippen molar-refractivity contribution in [2.75, 3.05) is 18.5 Å². The maximum Gasteiger partial charge on any atom is 0.471 e. The van der Waals surface area contributed by atoms with Crippen molar-refractivity contribution in [3.05, 3.63) is 84.7 Å². The van der Waals surface area contributed by atoms with Crippen molar-refractivity contribution in [1.82, 2.24) is 15.3 Å². The third-order valence-corrected chi connectivity index (χ3v) is 5.36. The Hall–Kier alpha value is -4.34. The van der Waals surface area contributed by atoms with E-state index in [0.717, 1.165) is 27.9 Å². The summed E-state index contributed by atoms with van der Waals surface area (Å²) in [6.07, 6.45) is -2.56. The summed E-state index contributed by atoms with van der Waals surface area (Å²) in [5, 5.41) is 5.88. The molecule has 7 nitrogen and oxygen atoms in total. The summed E-state index contributed by atoms with van der Waals surface area (Å²) < 4.78 is 48.2. The zero-order valence-corrected chi connectivity index (χ0v) is 19.8. The van der Waals surface area contributed by atoms with Crippen LogP contribution in [0.1, 0.15) is 18.4 Å². The van der Waals surface area contributed by atoms with Crippen LogP contribution in [0.25, 0.3) is 10.9 Å². The molecule has 4 rings (SSSR count). The number of carbonyl (C=O) groups is 1. The molecule has 10 heteroatoms. The van der Waals surface area contributed by atoms with Gasteiger partial charge in [0.2, 0.25) is 0 Å². The summed E-state index contributed by atoms with van der Waals surface area (Å²) >= 11 is 0. The fourth-order valence-electron chi connectivity index (χ4n) is 3.46. The average Bonchev–Trinajstić information content (AvgIpc) is 2.90. The molecular weight excluding hydrogens is 485 g/mol. The number of alkyl halides is 3. The molecule has 4 aromatic rings. The molecule has 0 unspecified atom stereocenters. The SMILES string of the molecule is O=C(NCCCCOc1ccc2ncnc(Nc3ccc(OCc4ccccc4)cc3)c2c1)C(F)(F)F. The van der Waals surface area contributed by atoms with Gasteiger partial charge in [0.15, 0.2) is 0 Å². The number of ether oxygens (including phenoxy) is 2. The van der Waals surface area contributed by atoms with Gasteiger partial charge in [-0.1, -0.05) is 30.3 Å². The van der Waals surface area contributed by atoms with Crippen LogP contribution in [0, 0.1) is 0 Å². The molecule has 2 N–H and O–H groups in total. The van der Waals surface area contributed by atoms with Crippen molar-refractivity contribution < 1.29 is 27.4 Å². The van der Waals surface area contributed by atoms with Crippen molar-refractivity contribution in [2.45, 2.75) is 25.6 Å². The second-order valence-corrected chi connectivity index (χ2v) is 8.13. The van der Waals surface area contributed by atoms with Crippen molar-refractivity contribution >= 4 is 28.3 Å². The number of halogens is 3. The van der Waals surface area contributed by atoms with Crippen LogP contribution >= 0.6 is 0 Å². The van der Waals surface area contributed by atoms with Crippen LogP contribution in [0.5, 0.6) is 11.5 Å². The highest BCUT2D eigenvalue weighted by molar-refractivity contribution is 5.91. The number of fused-ring (bicyclic) bond motifs is 1. The van der Waals surface area contributed by atoms with Gasteiger partial charge >= 0.3 is 12.1 Å². The number of carbonyl (C=O) groups excluding carboxylic acids is 1. The fourth-order valence-corrected chi connectivity index (χ4v) is 3.46. The molecule has 192 valence electrons. The first kappa shape index (κ1) is 25.7. The summed E-state index contributed by atoms with van der Waals surface area (Å²) in [5.41, 5.74) is 2.63. The lowest BCUT2D eigenvalue weighted by molar-refractivity contribution is -0.173. The summed E-state index contributed by atoms with van der Waals surface area (Å²) in [6.45, 7) is 0.695. The van der Waals surface area contributed by atoms with E-state index >= 15 is 0 Å². The number of anilines is 2. The third-order valence-electron chi connectivity index (χ3n) is 5.36. The van der Waals surface area contributed by atoms with E-state index in [4.69, 9.17) is 9.47 Å². The van der Waals surface area contributed by atoms with Gasteiger partial charge in [0.25, 0.3) is 0 Å². The summed E-state index contributed by atoms with van der Waals surface area (Å²) in [7, 11) is 0. The monoisotopic (exact) mass is 510 g/mol. The molecular formula is C27H25F3N4O3. The molecule has 3 aromatic carbocycles. The Balaban J connectivity index is 1.31. The van der Waals surface area contributed by atoms with Crippen LogP contribution in [0.15, 0.2) is 79.1 Å². The maximum absolute atomic E-state index is 12.2. The van der Waals surface area contributed by atoms with Gasteiger partial charge in [-0.25, -0.2) is 9.97 Å². The molecule has 0 atom stereocenters. The smallest absolute Gasteiger partial charge is 0.471 e. The quantitative estimate of drug-likeness (QED) is 0.249. The average molecular weight is 511 g/mol. The Labute approximate surface area is 211 Å². The molecule has 0 aliphatic carbocycles. The largest absolute Gasteiger partial charge is 0.494 e. The third kappa shape index (κ3) is 7.57. The molecule has 0 radical (unpaired) electrons. The predicted octanol–water partition coefficient (Wildman–Crippen LogP) is 5.79. The number of hydrogen-bond donors (Lipinski definition) is 2. The van der Waals surface area contributed by atoms with Gasteiger partial charge < -0.3 is 20.1 Å². The van der Waals surface area contributed by atoms with Crippen LogP contribution < -0.4 is 20.1 Å². The number of rotatable bonds is 11. The Bertz CT molecular complexity index is 1320. The molecule has 0 fully saturated rings. The van der Waals surface area contributed by atoms with Gasteiger partial charge in [0, 0.05) is 17.6 Å². The zero-order chi connectivity index (χ0) is 26.1. The first-order chi connectivity index (χ1) is 17.9. The van der Waals surface area contributed by atoms with Crippen molar-refractivity contribution in [3.8, 4) is 11.5 Å². The standard InChI is InChI=1S/C27H25F3N4O3/c28-27(29,30)26(35)31-14-4-5-15-36-22-12-13-24-23(16-22)25(33-18-32-24)34-20-8-10-21(11-9-20)37-17-19-6-2-1-3-7-19/h1-3,6-13,16,18H,4-5,14-15,17H2,(H,31,35)(H,32,33,34). The molecule has 0 aliphatic heterocycles. The van der Waals surface area contributed by atoms with Gasteiger partial charge in [0.05, 0.1) is 12.1 Å². The van der Waals surface area contributed by atoms with E-state index in [9.17, 15) is 18.0 Å². The predicted molar refractivity (Wildman–Crippen MR) is 134 cm³/mol. The van der Waals surface area contributed by atoms with Gasteiger partial charge in [-0.2, -0.15) is 13.2 Å². The van der Waals surface area contributed by atoms with E-state index in [2.05, 4.69) is 15.3 Å². The maximum atomic E-state index is 12.2. The zero-order valence-electron chi connectivity index (χ0n) is 19.8. The minimum absolute atomic E-state index is 0.0720. The van der Waals surface area contributed by atoms with Crippen LogP contribution in [-0.4, -0.2) is 35.2 Å². The second kappa shape index (κ2) is 12.1. The molecule has 1 aromatic heterocycles. The number of amides is 1. The summed E-state index contributed by atoms with van der Waals surface area (Å²) in [5.74, 6) is -0.00876. The van der Waals surface area contributed by atoms with E-state index in [1.54, 1.807) is 12.1 Å². The van der Waals surface area contributed by atoms with Crippen molar-refractivity contribution in [1.29, 1.82) is 0 Å². The Morgan fingerprint density at radius 2 is 1.62 bits per heavy atom. The lowest BCUT2D eigenvalue weighted by atomic mass is 10.2. The molecule has 1 heterocycles. The van der Waals surface area contributed by atoms with Crippen LogP contribution in [0.4, 0.5) is 24.7 Å². The number of unbranched alkanes of at least 4 members (excludes halogenated alkanes) is 1. The number of aromatic nitrogens is 2. The van der Waals surface area contributed by atoms with Crippen molar-refractivity contribution in [2.24, 2.45) is 0 Å². The fraction of sp³-hybridized carbons (Fsp3) is 0.222. The van der Waals surface area contributed by atoms with E-state index in [1.165, 1.54) is 6.33 Å². The van der Waals surface area contributed by atoms with Gasteiger partial charge in [-0.05, 0) is 60.9 Å². The number of benzene rings is 3. The lowest BCUT2D eigenvalue weighted by Crippen LogP contribution is -2.37. The first-order valence-electron chi connectivity index (χ1n) is 11.6. The Kier molecular flexibility index (Phi) is 8.40. The molecule has 1 amide bonds. The van der Waals surface area contributed by atoms with Gasteiger partial charge in [-0.15, -0.1) is 0 Å². The van der Waals surface area contributed by atoms with Gasteiger partial charge in [0.1, 0.15) is 30.3 Å². The molecule has 0 saturated heterocycles. The molecule has 0 spiro atoms. The number of nitrogens with zero attached hydrogens (tertiary/aromatic N) is 2. The molecule has 0 aliphatic rings. The molecule has 0 saturated carbocycles. The van der Waals surface area contributed by atoms with Crippen LogP contribution in [0.2, 0.25) is 0 Å². The van der Waals surface area contributed by atoms with E-state index in [0.29, 0.717) is 31.0 Å². The second-order valence-electron chi connectivity index (χ2n) is 8.13. The highest BCUT2D eigenvalue weighted by Crippen LogP contribution is 2.28. The van der Waals surface area contributed by atoms with Gasteiger partial charge in [-0.3, -0.25) is 4.79 Å². The van der Waals surface area contributed by atoms with E-state index in [1.807, 2.05) is 66.0 Å². The normalized spacial score (nSPS) is 11.2. The lowest BCUT2D eigenvalue weighted by Gasteiger charge is -2.12. The van der Waals surface area contributed by atoms with Crippen LogP contribution in [-0.2, 0) is 11.4 Å². The first-order valence-corrected chi connectivity index (χ1v) is 11.6. The molecule has 0 bridgehead atoms. The number of nitrogens with one attached hydrogen (secondary N) is 2. The van der Waals surface area contributed by atoms with Crippen LogP contribution in [0.3, 0.4) is 0 Å². The minimum atomic E-state index is -4.87. The summed E-state index contributed by atoms with van der Waals surface area (Å²) in [4.78, 5) is 19.5. The highest BCUT2D eigenvalue weighted by Gasteiger charge is 2.38. The minimum Gasteiger partial charge on any atom is -0.494 e. The number of hydrogen-bond acceptors (Lipinski definition) is 6. The Morgan fingerprint density at radius 1 is 0.865 bits per heavy atom. The Morgan fingerprint density at radius 3 is 2.38 bits per heavy atom. The van der Waals surface area contributed by atoms with E-state index in [-0.39, 0.29) is 13.2 Å². The van der Waals surface area contributed by atoms with Crippen molar-refractivity contribution in [3.63, 3.8) is 0 Å². The molecule has 37 heavy (non-hydrogen) atoms. The summed E-state index contributed by atoms with van der Waals surface area (Å²) in [6, 6.07) is 22.8.